The van der Waals surface area contributed by atoms with Crippen molar-refractivity contribution < 1.29 is 10.2 Å². The summed E-state index contributed by atoms with van der Waals surface area (Å²) in [6, 6.07) is 0. The van der Waals surface area contributed by atoms with Crippen LogP contribution in [-0.2, 0) is 0 Å². The van der Waals surface area contributed by atoms with Crippen molar-refractivity contribution in [2.75, 3.05) is 11.5 Å². The fraction of sp³-hybridized carbons (Fsp3) is 0.733. The van der Waals surface area contributed by atoms with Crippen LogP contribution in [0.15, 0.2) is 46.6 Å². The standard InChI is InChI=1S/C30H50O2S/c1-25(2,3)23-13-21(15-29(31,17-23)27(7,8)9)19-33-20-22-14-24(26(4,5)6)18-30(32,16-22)28(10,11)12/h13-14,17-18,31-32H,15-16,19-20H2,1-12H3. The Morgan fingerprint density at radius 2 is 0.939 bits per heavy atom. The molecule has 2 nitrogen and oxygen atoms in total. The number of aliphatic hydroxyl groups is 2. The first-order valence-corrected chi connectivity index (χ1v) is 13.6. The molecule has 2 rings (SSSR count). The van der Waals surface area contributed by atoms with Crippen molar-refractivity contribution >= 4 is 11.8 Å². The number of hydrogen-bond donors (Lipinski definition) is 2. The van der Waals surface area contributed by atoms with Crippen molar-refractivity contribution in [3.63, 3.8) is 0 Å². The maximum Gasteiger partial charge on any atom is 0.0918 e. The molecule has 0 fully saturated rings. The molecule has 0 bridgehead atoms. The summed E-state index contributed by atoms with van der Waals surface area (Å²) in [5.74, 6) is 1.79. The maximum atomic E-state index is 11.6. The summed E-state index contributed by atoms with van der Waals surface area (Å²) in [5.41, 5.74) is 2.92. The zero-order valence-electron chi connectivity index (χ0n) is 23.4. The molecule has 3 heteroatoms. The lowest BCUT2D eigenvalue weighted by atomic mass is 9.67. The van der Waals surface area contributed by atoms with Crippen LogP contribution in [0.1, 0.15) is 95.9 Å². The van der Waals surface area contributed by atoms with Gasteiger partial charge in [-0.25, -0.2) is 0 Å². The zero-order valence-corrected chi connectivity index (χ0v) is 24.3. The zero-order chi connectivity index (χ0) is 25.7. The van der Waals surface area contributed by atoms with Gasteiger partial charge in [-0.2, -0.15) is 11.8 Å². The Morgan fingerprint density at radius 3 is 1.18 bits per heavy atom. The molecule has 0 heterocycles. The first-order chi connectivity index (χ1) is 14.6. The van der Waals surface area contributed by atoms with Crippen LogP contribution in [0.5, 0.6) is 0 Å². The highest BCUT2D eigenvalue weighted by Crippen LogP contribution is 2.46. The number of allylic oxidation sites excluding steroid dienone is 4. The highest BCUT2D eigenvalue weighted by Gasteiger charge is 2.43. The van der Waals surface area contributed by atoms with E-state index in [0.717, 1.165) is 11.5 Å². The van der Waals surface area contributed by atoms with Gasteiger partial charge in [0.15, 0.2) is 0 Å². The van der Waals surface area contributed by atoms with Crippen molar-refractivity contribution in [3.8, 4) is 0 Å². The van der Waals surface area contributed by atoms with Gasteiger partial charge in [-0.05, 0) is 45.0 Å². The quantitative estimate of drug-likeness (QED) is 0.435. The van der Waals surface area contributed by atoms with Crippen LogP contribution in [-0.4, -0.2) is 32.9 Å². The number of hydrogen-bond acceptors (Lipinski definition) is 3. The molecule has 2 aliphatic carbocycles. The molecule has 0 radical (unpaired) electrons. The number of thioether (sulfide) groups is 1. The van der Waals surface area contributed by atoms with Gasteiger partial charge in [0, 0.05) is 24.3 Å². The minimum atomic E-state index is -0.834. The topological polar surface area (TPSA) is 40.5 Å². The highest BCUT2D eigenvalue weighted by atomic mass is 32.2. The lowest BCUT2D eigenvalue weighted by molar-refractivity contribution is -0.0156. The Morgan fingerprint density at radius 1 is 0.636 bits per heavy atom. The van der Waals surface area contributed by atoms with Gasteiger partial charge in [-0.15, -0.1) is 0 Å². The second-order valence-corrected chi connectivity index (χ2v) is 15.5. The summed E-state index contributed by atoms with van der Waals surface area (Å²) in [5, 5.41) is 23.1. The molecule has 0 saturated heterocycles. The molecular weight excluding hydrogens is 424 g/mol. The van der Waals surface area contributed by atoms with Gasteiger partial charge in [0.25, 0.3) is 0 Å². The van der Waals surface area contributed by atoms with Crippen LogP contribution in [0.3, 0.4) is 0 Å². The van der Waals surface area contributed by atoms with E-state index in [1.54, 1.807) is 0 Å². The summed E-state index contributed by atoms with van der Waals surface area (Å²) >= 11 is 1.90. The van der Waals surface area contributed by atoms with Crippen LogP contribution < -0.4 is 0 Å². The van der Waals surface area contributed by atoms with Gasteiger partial charge < -0.3 is 10.2 Å². The molecule has 188 valence electrons. The van der Waals surface area contributed by atoms with Gasteiger partial charge in [-0.1, -0.05) is 106 Å². The molecule has 33 heavy (non-hydrogen) atoms. The van der Waals surface area contributed by atoms with E-state index in [9.17, 15) is 10.2 Å². The molecule has 2 unspecified atom stereocenters. The summed E-state index contributed by atoms with van der Waals surface area (Å²) in [6.07, 6.45) is 10.2. The molecule has 0 aromatic rings. The molecule has 0 aromatic carbocycles. The van der Waals surface area contributed by atoms with Gasteiger partial charge >= 0.3 is 0 Å². The van der Waals surface area contributed by atoms with E-state index in [1.165, 1.54) is 22.3 Å². The largest absolute Gasteiger partial charge is 0.385 e. The fourth-order valence-corrected chi connectivity index (χ4v) is 5.26. The van der Waals surface area contributed by atoms with Crippen LogP contribution >= 0.6 is 11.8 Å². The summed E-state index contributed by atoms with van der Waals surface area (Å²) in [6.45, 7) is 26.1. The van der Waals surface area contributed by atoms with Crippen LogP contribution in [0, 0.1) is 21.7 Å². The van der Waals surface area contributed by atoms with E-state index < -0.39 is 11.2 Å². The van der Waals surface area contributed by atoms with Gasteiger partial charge in [0.1, 0.15) is 0 Å². The Bertz CT molecular complexity index is 787. The first kappa shape index (κ1) is 28.5. The van der Waals surface area contributed by atoms with E-state index in [4.69, 9.17) is 0 Å². The van der Waals surface area contributed by atoms with Crippen molar-refractivity contribution in [1.29, 1.82) is 0 Å². The van der Waals surface area contributed by atoms with Gasteiger partial charge in [0.05, 0.1) is 11.2 Å². The monoisotopic (exact) mass is 474 g/mol. The maximum absolute atomic E-state index is 11.6. The lowest BCUT2D eigenvalue weighted by Crippen LogP contribution is -2.44. The first-order valence-electron chi connectivity index (χ1n) is 12.5. The smallest absolute Gasteiger partial charge is 0.0918 e. The van der Waals surface area contributed by atoms with E-state index in [1.807, 2.05) is 11.8 Å². The predicted octanol–water partition coefficient (Wildman–Crippen LogP) is 7.88. The number of rotatable bonds is 4. The average molecular weight is 475 g/mol. The van der Waals surface area contributed by atoms with Crippen molar-refractivity contribution in [2.45, 2.75) is 107 Å². The van der Waals surface area contributed by atoms with E-state index >= 15 is 0 Å². The molecular formula is C30H50O2S. The minimum Gasteiger partial charge on any atom is -0.385 e. The summed E-state index contributed by atoms with van der Waals surface area (Å²) in [4.78, 5) is 0. The van der Waals surface area contributed by atoms with Crippen molar-refractivity contribution in [3.05, 3.63) is 46.6 Å². The third kappa shape index (κ3) is 6.67. The summed E-state index contributed by atoms with van der Waals surface area (Å²) < 4.78 is 0. The van der Waals surface area contributed by atoms with Crippen molar-refractivity contribution in [2.24, 2.45) is 21.7 Å². The van der Waals surface area contributed by atoms with Crippen LogP contribution in [0.2, 0.25) is 0 Å². The fourth-order valence-electron chi connectivity index (χ4n) is 4.26. The van der Waals surface area contributed by atoms with Crippen LogP contribution in [0.4, 0.5) is 0 Å². The second-order valence-electron chi connectivity index (χ2n) is 14.5. The summed E-state index contributed by atoms with van der Waals surface area (Å²) in [7, 11) is 0. The van der Waals surface area contributed by atoms with E-state index in [-0.39, 0.29) is 21.7 Å². The predicted molar refractivity (Wildman–Crippen MR) is 147 cm³/mol. The molecule has 0 spiro atoms. The van der Waals surface area contributed by atoms with E-state index in [0.29, 0.717) is 12.8 Å². The van der Waals surface area contributed by atoms with E-state index in [2.05, 4.69) is 107 Å². The molecule has 0 aromatic heterocycles. The Kier molecular flexibility index (Phi) is 7.79. The third-order valence-corrected chi connectivity index (χ3v) is 8.56. The van der Waals surface area contributed by atoms with Gasteiger partial charge in [-0.3, -0.25) is 0 Å². The highest BCUT2D eigenvalue weighted by molar-refractivity contribution is 7.99. The lowest BCUT2D eigenvalue weighted by Gasteiger charge is -2.43. The van der Waals surface area contributed by atoms with Gasteiger partial charge in [0.2, 0.25) is 0 Å². The second kappa shape index (κ2) is 9.03. The normalized spacial score (nSPS) is 27.6. The Hall–Kier alpha value is -0.770. The molecule has 2 N–H and O–H groups in total. The third-order valence-electron chi connectivity index (χ3n) is 7.41. The Labute approximate surface area is 208 Å². The van der Waals surface area contributed by atoms with Crippen molar-refractivity contribution in [1.82, 2.24) is 0 Å². The molecule has 0 aliphatic heterocycles. The SMILES string of the molecule is CC(C)(C)C1=CC(O)(C(C)(C)C)CC(CSCC2=CC(C(C)(C)C)=CC(O)(C(C)(C)C)C2)=C1. The Balaban J connectivity index is 2.23. The average Bonchev–Trinajstić information content (AvgIpc) is 2.57. The molecule has 2 atom stereocenters. The molecule has 2 aliphatic rings. The molecule has 0 saturated carbocycles. The molecule has 0 amide bonds. The van der Waals surface area contributed by atoms with Crippen LogP contribution in [0.25, 0.3) is 0 Å². The minimum absolute atomic E-state index is 0.00291.